The van der Waals surface area contributed by atoms with Gasteiger partial charge < -0.3 is 19.5 Å². The number of hydrogen-bond acceptors (Lipinski definition) is 5. The average molecular weight is 358 g/mol. The molecule has 0 saturated carbocycles. The van der Waals surface area contributed by atoms with E-state index in [2.05, 4.69) is 5.32 Å². The van der Waals surface area contributed by atoms with Crippen molar-refractivity contribution in [3.8, 4) is 0 Å². The Hall–Kier alpha value is -1.79. The van der Waals surface area contributed by atoms with Gasteiger partial charge in [0.05, 0.1) is 6.61 Å². The Kier molecular flexibility index (Phi) is 7.51. The van der Waals surface area contributed by atoms with Crippen LogP contribution in [0.2, 0.25) is 5.02 Å². The Morgan fingerprint density at radius 1 is 1.25 bits per heavy atom. The number of hydrogen-bond donors (Lipinski definition) is 1. The molecule has 134 valence electrons. The molecule has 1 aromatic rings. The molecule has 0 aromatic heterocycles. The molecule has 7 heteroatoms. The standard InChI is InChI=1S/C17H24ClNO5/c1-6-23-15(20)13(19-16(21)24-17(2,3)4)14(22-5)11-9-7-8-10-12(11)18/h7-10,13-14H,6H2,1-5H3,(H,19,21). The van der Waals surface area contributed by atoms with Gasteiger partial charge in [0.2, 0.25) is 0 Å². The summed E-state index contributed by atoms with van der Waals surface area (Å²) in [6.07, 6.45) is -1.56. The van der Waals surface area contributed by atoms with Crippen molar-refractivity contribution in [2.24, 2.45) is 0 Å². The summed E-state index contributed by atoms with van der Waals surface area (Å²) in [7, 11) is 1.43. The molecule has 1 aromatic carbocycles. The van der Waals surface area contributed by atoms with Crippen LogP contribution in [-0.2, 0) is 19.0 Å². The Morgan fingerprint density at radius 3 is 2.38 bits per heavy atom. The van der Waals surface area contributed by atoms with Crippen LogP contribution in [0.25, 0.3) is 0 Å². The van der Waals surface area contributed by atoms with Crippen LogP contribution >= 0.6 is 11.6 Å². The number of carbonyl (C=O) groups is 2. The lowest BCUT2D eigenvalue weighted by atomic mass is 10.0. The average Bonchev–Trinajstić information content (AvgIpc) is 2.47. The van der Waals surface area contributed by atoms with Crippen molar-refractivity contribution in [3.63, 3.8) is 0 Å². The molecule has 1 N–H and O–H groups in total. The van der Waals surface area contributed by atoms with Gasteiger partial charge in [-0.3, -0.25) is 0 Å². The van der Waals surface area contributed by atoms with E-state index in [4.69, 9.17) is 25.8 Å². The summed E-state index contributed by atoms with van der Waals surface area (Å²) >= 11 is 6.19. The molecule has 0 aliphatic heterocycles. The van der Waals surface area contributed by atoms with E-state index in [1.807, 2.05) is 0 Å². The second-order valence-electron chi connectivity index (χ2n) is 6.05. The fraction of sp³-hybridized carbons (Fsp3) is 0.529. The Labute approximate surface area is 147 Å². The summed E-state index contributed by atoms with van der Waals surface area (Å²) in [6.45, 7) is 7.04. The quantitative estimate of drug-likeness (QED) is 0.789. The number of methoxy groups -OCH3 is 1. The van der Waals surface area contributed by atoms with Crippen molar-refractivity contribution in [2.75, 3.05) is 13.7 Å². The van der Waals surface area contributed by atoms with Gasteiger partial charge in [-0.15, -0.1) is 0 Å². The zero-order valence-corrected chi connectivity index (χ0v) is 15.3. The van der Waals surface area contributed by atoms with Crippen molar-refractivity contribution >= 4 is 23.7 Å². The van der Waals surface area contributed by atoms with Gasteiger partial charge in [-0.25, -0.2) is 9.59 Å². The van der Waals surface area contributed by atoms with Crippen LogP contribution in [-0.4, -0.2) is 37.4 Å². The Bertz CT molecular complexity index is 570. The summed E-state index contributed by atoms with van der Waals surface area (Å²) < 4.78 is 15.7. The van der Waals surface area contributed by atoms with Crippen LogP contribution < -0.4 is 5.32 Å². The maximum absolute atomic E-state index is 12.3. The van der Waals surface area contributed by atoms with Crippen molar-refractivity contribution in [2.45, 2.75) is 45.4 Å². The van der Waals surface area contributed by atoms with Crippen LogP contribution in [0.15, 0.2) is 24.3 Å². The van der Waals surface area contributed by atoms with Crippen molar-refractivity contribution in [1.82, 2.24) is 5.32 Å². The van der Waals surface area contributed by atoms with Crippen LogP contribution in [0.3, 0.4) is 0 Å². The van der Waals surface area contributed by atoms with Crippen LogP contribution in [0, 0.1) is 0 Å². The van der Waals surface area contributed by atoms with E-state index in [0.717, 1.165) is 0 Å². The molecule has 2 unspecified atom stereocenters. The first-order valence-electron chi connectivity index (χ1n) is 7.63. The van der Waals surface area contributed by atoms with Crippen molar-refractivity contribution < 1.29 is 23.8 Å². The van der Waals surface area contributed by atoms with Crippen LogP contribution in [0.4, 0.5) is 4.79 Å². The second-order valence-corrected chi connectivity index (χ2v) is 6.46. The largest absolute Gasteiger partial charge is 0.464 e. The van der Waals surface area contributed by atoms with Gasteiger partial charge in [0.15, 0.2) is 6.04 Å². The lowest BCUT2D eigenvalue weighted by molar-refractivity contribution is -0.149. The first-order chi connectivity index (χ1) is 11.2. The van der Waals surface area contributed by atoms with E-state index in [1.54, 1.807) is 52.0 Å². The molecule has 0 aliphatic carbocycles. The molecule has 0 fully saturated rings. The zero-order chi connectivity index (χ0) is 18.3. The molecule has 2 atom stereocenters. The molecule has 0 saturated heterocycles. The topological polar surface area (TPSA) is 73.9 Å². The second kappa shape index (κ2) is 8.89. The number of alkyl carbamates (subject to hydrolysis) is 1. The summed E-state index contributed by atoms with van der Waals surface area (Å²) in [5.74, 6) is -0.630. The molecule has 24 heavy (non-hydrogen) atoms. The molecule has 0 radical (unpaired) electrons. The first kappa shape index (κ1) is 20.3. The van der Waals surface area contributed by atoms with Crippen LogP contribution in [0.5, 0.6) is 0 Å². The van der Waals surface area contributed by atoms with Crippen LogP contribution in [0.1, 0.15) is 39.4 Å². The van der Waals surface area contributed by atoms with Gasteiger partial charge in [-0.05, 0) is 33.8 Å². The van der Waals surface area contributed by atoms with Crippen molar-refractivity contribution in [1.29, 1.82) is 0 Å². The molecule has 0 aliphatic rings. The molecule has 1 rings (SSSR count). The Morgan fingerprint density at radius 2 is 1.88 bits per heavy atom. The number of amides is 1. The number of benzene rings is 1. The molecule has 0 spiro atoms. The first-order valence-corrected chi connectivity index (χ1v) is 8.00. The highest BCUT2D eigenvalue weighted by atomic mass is 35.5. The predicted molar refractivity (Wildman–Crippen MR) is 91.0 cm³/mol. The number of carbonyl (C=O) groups excluding carboxylic acids is 2. The molecule has 0 heterocycles. The molecular formula is C17H24ClNO5. The number of halogens is 1. The maximum Gasteiger partial charge on any atom is 0.408 e. The maximum atomic E-state index is 12.3. The number of nitrogens with one attached hydrogen (secondary N) is 1. The van der Waals surface area contributed by atoms with Crippen molar-refractivity contribution in [3.05, 3.63) is 34.9 Å². The van der Waals surface area contributed by atoms with E-state index < -0.39 is 29.8 Å². The molecule has 0 bridgehead atoms. The molecule has 1 amide bonds. The van der Waals surface area contributed by atoms with E-state index in [1.165, 1.54) is 7.11 Å². The molecular weight excluding hydrogens is 334 g/mol. The molecule has 6 nitrogen and oxygen atoms in total. The van der Waals surface area contributed by atoms with E-state index >= 15 is 0 Å². The highest BCUT2D eigenvalue weighted by Gasteiger charge is 2.35. The van der Waals surface area contributed by atoms with E-state index in [-0.39, 0.29) is 6.61 Å². The Balaban J connectivity index is 3.09. The highest BCUT2D eigenvalue weighted by Crippen LogP contribution is 2.28. The minimum absolute atomic E-state index is 0.171. The fourth-order valence-electron chi connectivity index (χ4n) is 2.07. The number of rotatable bonds is 6. The fourth-order valence-corrected chi connectivity index (χ4v) is 2.32. The third kappa shape index (κ3) is 6.02. The minimum Gasteiger partial charge on any atom is -0.464 e. The van der Waals surface area contributed by atoms with Gasteiger partial charge in [-0.2, -0.15) is 0 Å². The SMILES string of the molecule is CCOC(=O)C(NC(=O)OC(C)(C)C)C(OC)c1ccccc1Cl. The number of ether oxygens (including phenoxy) is 3. The third-order valence-corrected chi connectivity index (χ3v) is 3.33. The zero-order valence-electron chi connectivity index (χ0n) is 14.6. The van der Waals surface area contributed by atoms with E-state index in [0.29, 0.717) is 10.6 Å². The van der Waals surface area contributed by atoms with Gasteiger partial charge in [0, 0.05) is 17.7 Å². The van der Waals surface area contributed by atoms with Gasteiger partial charge >= 0.3 is 12.1 Å². The summed E-state index contributed by atoms with van der Waals surface area (Å²) in [5, 5.41) is 2.94. The van der Waals surface area contributed by atoms with Gasteiger partial charge in [-0.1, -0.05) is 29.8 Å². The monoisotopic (exact) mass is 357 g/mol. The summed E-state index contributed by atoms with van der Waals surface area (Å²) in [6, 6.07) is 5.84. The normalized spacial score (nSPS) is 13.8. The van der Waals surface area contributed by atoms with Gasteiger partial charge in [0.1, 0.15) is 11.7 Å². The summed E-state index contributed by atoms with van der Waals surface area (Å²) in [5.41, 5.74) is -0.133. The minimum atomic E-state index is -1.09. The third-order valence-electron chi connectivity index (χ3n) is 2.98. The summed E-state index contributed by atoms with van der Waals surface area (Å²) in [4.78, 5) is 24.4. The highest BCUT2D eigenvalue weighted by molar-refractivity contribution is 6.31. The van der Waals surface area contributed by atoms with E-state index in [9.17, 15) is 9.59 Å². The smallest absolute Gasteiger partial charge is 0.408 e. The lowest BCUT2D eigenvalue weighted by Crippen LogP contribution is -2.48. The van der Waals surface area contributed by atoms with Gasteiger partial charge in [0.25, 0.3) is 0 Å². The predicted octanol–water partition coefficient (Wildman–Crippen LogP) is 3.48. The lowest BCUT2D eigenvalue weighted by Gasteiger charge is -2.28. The number of esters is 1.